The number of carbonyl (C=O) groups is 2. The van der Waals surface area contributed by atoms with Crippen LogP contribution in [0.15, 0.2) is 0 Å². The second-order valence-corrected chi connectivity index (χ2v) is 6.35. The summed E-state index contributed by atoms with van der Waals surface area (Å²) in [7, 11) is -1.47. The zero-order valence-electron chi connectivity index (χ0n) is 13.2. The van der Waals surface area contributed by atoms with E-state index in [1.165, 1.54) is 4.90 Å². The number of carboxylic acids is 1. The highest BCUT2D eigenvalue weighted by Gasteiger charge is 2.44. The van der Waals surface area contributed by atoms with Gasteiger partial charge >= 0.3 is 13.1 Å². The normalized spacial score (nSPS) is 26.0. The van der Waals surface area contributed by atoms with Gasteiger partial charge in [-0.25, -0.2) is 0 Å². The van der Waals surface area contributed by atoms with Crippen LogP contribution in [0.2, 0.25) is 6.32 Å². The number of rotatable bonds is 8. The lowest BCUT2D eigenvalue weighted by Gasteiger charge is -2.42. The average Bonchev–Trinajstić information content (AvgIpc) is 2.49. The van der Waals surface area contributed by atoms with Crippen molar-refractivity contribution in [2.45, 2.75) is 43.6 Å². The van der Waals surface area contributed by atoms with E-state index < -0.39 is 24.7 Å². The molecule has 0 spiro atoms. The molecule has 0 radical (unpaired) electrons. The first kappa shape index (κ1) is 19.9. The lowest BCUT2D eigenvalue weighted by atomic mass is 9.75. The largest absolute Gasteiger partial charge is 0.480 e. The molecule has 0 saturated carbocycles. The third-order valence-corrected chi connectivity index (χ3v) is 4.21. The third kappa shape index (κ3) is 5.74. The maximum absolute atomic E-state index is 12.4. The summed E-state index contributed by atoms with van der Waals surface area (Å²) in [6.07, 6.45) is 1.67. The zero-order chi connectivity index (χ0) is 17.6. The molecule has 0 aromatic carbocycles. The molecule has 0 bridgehead atoms. The molecule has 1 fully saturated rings. The Morgan fingerprint density at radius 1 is 1.39 bits per heavy atom. The van der Waals surface area contributed by atoms with Gasteiger partial charge in [-0.15, -0.1) is 0 Å². The minimum atomic E-state index is -1.55. The van der Waals surface area contributed by atoms with Gasteiger partial charge in [0.1, 0.15) is 5.54 Å². The van der Waals surface area contributed by atoms with Crippen LogP contribution in [0.3, 0.4) is 0 Å². The van der Waals surface area contributed by atoms with Gasteiger partial charge in [0.15, 0.2) is 0 Å². The van der Waals surface area contributed by atoms with E-state index in [2.05, 4.69) is 0 Å². The van der Waals surface area contributed by atoms with Crippen LogP contribution in [-0.2, 0) is 9.59 Å². The lowest BCUT2D eigenvalue weighted by Crippen LogP contribution is -2.64. The summed E-state index contributed by atoms with van der Waals surface area (Å²) in [6, 6.07) is -0.737. The molecule has 132 valence electrons. The van der Waals surface area contributed by atoms with E-state index in [1.54, 1.807) is 0 Å². The predicted octanol–water partition coefficient (Wildman–Crippen LogP) is -2.45. The molecular weight excluding hydrogens is 303 g/mol. The Hall–Kier alpha value is -1.20. The number of carboxylic acid groups (broad SMARTS) is 1. The highest BCUT2D eigenvalue weighted by Crippen LogP contribution is 2.28. The van der Waals surface area contributed by atoms with Crippen molar-refractivity contribution in [3.63, 3.8) is 0 Å². The fraction of sp³-hybridized carbons (Fsp3) is 0.846. The fourth-order valence-corrected chi connectivity index (χ4v) is 2.96. The quantitative estimate of drug-likeness (QED) is 0.266. The number of hydrogen-bond donors (Lipinski definition) is 6. The van der Waals surface area contributed by atoms with Crippen molar-refractivity contribution in [3.8, 4) is 0 Å². The summed E-state index contributed by atoms with van der Waals surface area (Å²) in [5.74, 6) is -1.75. The van der Waals surface area contributed by atoms with Crippen molar-refractivity contribution in [3.05, 3.63) is 0 Å². The molecule has 1 aliphatic heterocycles. The molecule has 1 heterocycles. The number of nitrogens with zero attached hydrogens (tertiary/aromatic N) is 1. The van der Waals surface area contributed by atoms with E-state index in [-0.39, 0.29) is 31.1 Å². The molecule has 1 amide bonds. The van der Waals surface area contributed by atoms with Crippen LogP contribution in [0, 0.1) is 5.92 Å². The summed E-state index contributed by atoms with van der Waals surface area (Å²) in [5.41, 5.74) is 15.7. The number of carbonyl (C=O) groups excluding carboxylic acids is 1. The Morgan fingerprint density at radius 3 is 2.57 bits per heavy atom. The molecule has 9 nitrogen and oxygen atoms in total. The fourth-order valence-electron chi connectivity index (χ4n) is 2.96. The zero-order valence-corrected chi connectivity index (χ0v) is 13.2. The molecule has 0 aromatic rings. The van der Waals surface area contributed by atoms with Gasteiger partial charge < -0.3 is 37.3 Å². The van der Waals surface area contributed by atoms with E-state index in [4.69, 9.17) is 27.2 Å². The lowest BCUT2D eigenvalue weighted by molar-refractivity contribution is -0.149. The Kier molecular flexibility index (Phi) is 7.42. The van der Waals surface area contributed by atoms with Gasteiger partial charge in [-0.1, -0.05) is 6.42 Å². The topological polar surface area (TPSA) is 176 Å². The van der Waals surface area contributed by atoms with Gasteiger partial charge in [0.2, 0.25) is 5.91 Å². The predicted molar refractivity (Wildman–Crippen MR) is 85.1 cm³/mol. The first-order chi connectivity index (χ1) is 10.7. The smallest absolute Gasteiger partial charge is 0.451 e. The van der Waals surface area contributed by atoms with Crippen molar-refractivity contribution in [1.29, 1.82) is 0 Å². The second kappa shape index (κ2) is 8.60. The van der Waals surface area contributed by atoms with Crippen molar-refractivity contribution in [1.82, 2.24) is 4.90 Å². The molecule has 1 saturated heterocycles. The maximum Gasteiger partial charge on any atom is 0.451 e. The highest BCUT2D eigenvalue weighted by atomic mass is 16.4. The van der Waals surface area contributed by atoms with Crippen molar-refractivity contribution >= 4 is 19.0 Å². The van der Waals surface area contributed by atoms with Crippen LogP contribution in [0.5, 0.6) is 0 Å². The summed E-state index contributed by atoms with van der Waals surface area (Å²) >= 11 is 0. The third-order valence-electron chi connectivity index (χ3n) is 4.21. The molecule has 10 heteroatoms. The monoisotopic (exact) mass is 330 g/mol. The van der Waals surface area contributed by atoms with E-state index in [0.29, 0.717) is 32.4 Å². The van der Waals surface area contributed by atoms with Crippen molar-refractivity contribution in [2.75, 3.05) is 19.6 Å². The SMILES string of the molecule is NCCC[C@H](N)C(=O)N1C[C@@H](CCB(O)O)C[C@](N)(C(=O)O)C1. The Labute approximate surface area is 135 Å². The van der Waals surface area contributed by atoms with Crippen LogP contribution in [0.1, 0.15) is 25.7 Å². The van der Waals surface area contributed by atoms with E-state index in [1.807, 2.05) is 0 Å². The standard InChI is InChI=1S/C13H27BN4O5/c15-5-1-2-10(16)11(19)18-7-9(3-4-14(22)23)6-13(17,8-18)12(20)21/h9-10,22-23H,1-8,15-17H2,(H,20,21)/t9-,10-,13+/m0/s1. The number of amides is 1. The number of nitrogens with two attached hydrogens (primary N) is 3. The van der Waals surface area contributed by atoms with Gasteiger partial charge in [-0.3, -0.25) is 9.59 Å². The maximum atomic E-state index is 12.4. The number of aliphatic carboxylic acids is 1. The Bertz CT molecular complexity index is 425. The minimum absolute atomic E-state index is 0.0988. The molecule has 1 aliphatic rings. The average molecular weight is 330 g/mol. The van der Waals surface area contributed by atoms with Crippen LogP contribution < -0.4 is 17.2 Å². The van der Waals surface area contributed by atoms with Crippen molar-refractivity contribution < 1.29 is 24.7 Å². The second-order valence-electron chi connectivity index (χ2n) is 6.35. The Balaban J connectivity index is 2.80. The molecule has 1 rings (SSSR count). The van der Waals surface area contributed by atoms with Crippen LogP contribution in [-0.4, -0.2) is 70.3 Å². The van der Waals surface area contributed by atoms with Crippen LogP contribution in [0.25, 0.3) is 0 Å². The van der Waals surface area contributed by atoms with Gasteiger partial charge in [0, 0.05) is 13.1 Å². The molecule has 0 aromatic heterocycles. The minimum Gasteiger partial charge on any atom is -0.480 e. The van der Waals surface area contributed by atoms with Gasteiger partial charge in [0.05, 0.1) is 6.04 Å². The Morgan fingerprint density at radius 2 is 2.04 bits per heavy atom. The highest BCUT2D eigenvalue weighted by molar-refractivity contribution is 6.40. The van der Waals surface area contributed by atoms with Gasteiger partial charge in [-0.2, -0.15) is 0 Å². The number of piperidine rings is 1. The summed E-state index contributed by atoms with van der Waals surface area (Å²) in [4.78, 5) is 25.3. The van der Waals surface area contributed by atoms with E-state index >= 15 is 0 Å². The van der Waals surface area contributed by atoms with Gasteiger partial charge in [-0.05, 0) is 38.0 Å². The number of likely N-dealkylation sites (tertiary alicyclic amines) is 1. The first-order valence-electron chi connectivity index (χ1n) is 7.82. The molecule has 0 aliphatic carbocycles. The molecule has 3 atom stereocenters. The van der Waals surface area contributed by atoms with Gasteiger partial charge in [0.25, 0.3) is 0 Å². The molecular formula is C13H27BN4O5. The first-order valence-corrected chi connectivity index (χ1v) is 7.82. The number of hydrogen-bond acceptors (Lipinski definition) is 7. The van der Waals surface area contributed by atoms with Crippen LogP contribution in [0.4, 0.5) is 0 Å². The van der Waals surface area contributed by atoms with Crippen molar-refractivity contribution in [2.24, 2.45) is 23.1 Å². The summed E-state index contributed by atoms with van der Waals surface area (Å²) in [5, 5.41) is 27.3. The molecule has 0 unspecified atom stereocenters. The van der Waals surface area contributed by atoms with Crippen LogP contribution >= 0.6 is 0 Å². The summed E-state index contributed by atoms with van der Waals surface area (Å²) in [6.45, 7) is 0.637. The van der Waals surface area contributed by atoms with E-state index in [9.17, 15) is 14.7 Å². The summed E-state index contributed by atoms with van der Waals surface area (Å²) < 4.78 is 0. The molecule has 9 N–H and O–H groups in total. The van der Waals surface area contributed by atoms with E-state index in [0.717, 1.165) is 0 Å². The molecule has 23 heavy (non-hydrogen) atoms.